The summed E-state index contributed by atoms with van der Waals surface area (Å²) in [4.78, 5) is 29.3. The number of hydrogen-bond donors (Lipinski definition) is 16. The van der Waals surface area contributed by atoms with Crippen LogP contribution in [0.5, 0.6) is 0 Å². The number of aliphatic hydroxyl groups is 15. The second-order valence-electron chi connectivity index (χ2n) is 28.1. The molecular weight excluding hydrogens is 1140 g/mol. The van der Waals surface area contributed by atoms with Crippen LogP contribution in [0.1, 0.15) is 106 Å². The lowest BCUT2D eigenvalue weighted by Gasteiger charge is -2.71. The van der Waals surface area contributed by atoms with E-state index in [1.807, 2.05) is 6.92 Å². The van der Waals surface area contributed by atoms with Crippen LogP contribution in [-0.4, -0.2) is 274 Å². The molecule has 0 radical (unpaired) electrons. The Morgan fingerprint density at radius 3 is 1.88 bits per heavy atom. The summed E-state index contributed by atoms with van der Waals surface area (Å²) >= 11 is 0. The molecule has 0 bridgehead atoms. The number of aliphatic hydroxyl groups excluding tert-OH is 14. The zero-order valence-corrected chi connectivity index (χ0v) is 49.5. The molecule has 0 amide bonds. The van der Waals surface area contributed by atoms with Gasteiger partial charge in [0.25, 0.3) is 0 Å². The van der Waals surface area contributed by atoms with Gasteiger partial charge in [0.15, 0.2) is 31.3 Å². The first-order valence-electron chi connectivity index (χ1n) is 30.2. The largest absolute Gasteiger partial charge is 0.481 e. The summed E-state index contributed by atoms with van der Waals surface area (Å²) < 4.78 is 58.9. The van der Waals surface area contributed by atoms with E-state index in [1.165, 1.54) is 20.8 Å². The average molecular weight is 1240 g/mol. The van der Waals surface area contributed by atoms with Crippen LogP contribution in [0.25, 0.3) is 0 Å². The predicted octanol–water partition coefficient (Wildman–Crippen LogP) is -3.87. The molecule has 0 aromatic rings. The second-order valence-corrected chi connectivity index (χ2v) is 28.1. The Kier molecular flexibility index (Phi) is 18.6. The Balaban J connectivity index is 0.872. The maximum atomic E-state index is 15.5. The third-order valence-corrected chi connectivity index (χ3v) is 22.8. The summed E-state index contributed by atoms with van der Waals surface area (Å²) in [5, 5.41) is 176. The lowest BCUT2D eigenvalue weighted by Crippen LogP contribution is -2.71. The first-order chi connectivity index (χ1) is 40.2. The highest BCUT2D eigenvalue weighted by molar-refractivity contribution is 5.79. The van der Waals surface area contributed by atoms with Crippen LogP contribution < -0.4 is 0 Å². The Hall–Kier alpha value is -2.28. The molecule has 0 aromatic heterocycles. The van der Waals surface area contributed by atoms with Crippen molar-refractivity contribution in [2.24, 2.45) is 50.2 Å². The van der Waals surface area contributed by atoms with Crippen molar-refractivity contribution in [2.75, 3.05) is 33.0 Å². The molecule has 86 heavy (non-hydrogen) atoms. The number of fused-ring (bicyclic) bond motifs is 7. The van der Waals surface area contributed by atoms with Gasteiger partial charge in [0.2, 0.25) is 6.29 Å². The Morgan fingerprint density at radius 1 is 0.605 bits per heavy atom. The number of carboxylic acids is 1. The molecule has 10 aliphatic rings. The molecule has 32 unspecified atom stereocenters. The summed E-state index contributed by atoms with van der Waals surface area (Å²) in [6.45, 7) is 9.67. The molecule has 5 saturated heterocycles. The quantitative estimate of drug-likeness (QED) is 0.0449. The van der Waals surface area contributed by atoms with E-state index in [9.17, 15) is 86.5 Å². The SMILES string of the molecule is CC1OC(OC(=O)C23CCC(C)(C)CC2C2=CCC4C5(C)CC(O)C(OC6OC(CO)C(O)C(O)C6O)C(C)(C(=O)O)C5CCC4(C)C2(CO)CC3)C(OC2OC(C)C(OC3OCC(O)C(OC4OCC(O)(CO)C4O)C3O)C(O)C2O)C(O)C1O. The van der Waals surface area contributed by atoms with E-state index >= 15 is 4.79 Å². The molecule has 0 aromatic carbocycles. The highest BCUT2D eigenvalue weighted by atomic mass is 16.8. The molecule has 5 aliphatic carbocycles. The summed E-state index contributed by atoms with van der Waals surface area (Å²) in [6, 6.07) is 0. The smallest absolute Gasteiger partial charge is 0.315 e. The van der Waals surface area contributed by atoms with Gasteiger partial charge in [-0.2, -0.15) is 0 Å². The van der Waals surface area contributed by atoms with E-state index in [-0.39, 0.29) is 37.2 Å². The molecular formula is C58H92O28. The maximum absolute atomic E-state index is 15.5. The molecule has 4 saturated carbocycles. The summed E-state index contributed by atoms with van der Waals surface area (Å²) in [5.41, 5.74) is -7.23. The molecule has 9 fully saturated rings. The van der Waals surface area contributed by atoms with Gasteiger partial charge >= 0.3 is 11.9 Å². The number of rotatable bonds is 14. The Morgan fingerprint density at radius 2 is 1.23 bits per heavy atom. The number of carboxylic acid groups (broad SMARTS) is 1. The third-order valence-electron chi connectivity index (χ3n) is 22.8. The molecule has 28 nitrogen and oxygen atoms in total. The first-order valence-corrected chi connectivity index (χ1v) is 30.2. The van der Waals surface area contributed by atoms with Crippen LogP contribution in [-0.2, 0) is 57.0 Å². The Labute approximate surface area is 497 Å². The first kappa shape index (κ1) is 66.6. The standard InChI is InChI=1S/C58H92O28/c1-23-32(64)35(67)42(84-46-38(70)36(68)40(24(2)80-46)82-45-39(71)41(28(63)19-77-45)83-49-43(72)58(76,21-61)22-78-49)48(79-23)86-51(75)56-13-12-52(3,4)16-26(56)25-8-9-30-53(5)17-27(62)44(85-47-37(69)34(66)33(65)29(18-59)81-47)55(7,50(73)74)31(53)10-11-54(30,6)57(25,20-60)15-14-56/h8,23-24,26-49,59-72,76H,9-22H2,1-7H3,(H,73,74). The van der Waals surface area contributed by atoms with Crippen LogP contribution in [0.3, 0.4) is 0 Å². The highest BCUT2D eigenvalue weighted by Gasteiger charge is 2.74. The van der Waals surface area contributed by atoms with Crippen LogP contribution in [0.15, 0.2) is 11.6 Å². The van der Waals surface area contributed by atoms with Crippen molar-refractivity contribution in [1.29, 1.82) is 0 Å². The van der Waals surface area contributed by atoms with E-state index in [4.69, 9.17) is 47.4 Å². The number of hydrogen-bond acceptors (Lipinski definition) is 27. The van der Waals surface area contributed by atoms with Crippen molar-refractivity contribution >= 4 is 11.9 Å². The van der Waals surface area contributed by atoms with E-state index in [2.05, 4.69) is 26.8 Å². The van der Waals surface area contributed by atoms with Gasteiger partial charge in [-0.3, -0.25) is 9.59 Å². The summed E-state index contributed by atoms with van der Waals surface area (Å²) in [6.07, 6.45) is -32.6. The van der Waals surface area contributed by atoms with Crippen LogP contribution >= 0.6 is 0 Å². The van der Waals surface area contributed by atoms with Crippen molar-refractivity contribution in [3.05, 3.63) is 11.6 Å². The van der Waals surface area contributed by atoms with Crippen LogP contribution in [0, 0.1) is 50.2 Å². The molecule has 16 N–H and O–H groups in total. The lowest BCUT2D eigenvalue weighted by molar-refractivity contribution is -0.376. The lowest BCUT2D eigenvalue weighted by atomic mass is 9.33. The fourth-order valence-electron chi connectivity index (χ4n) is 17.6. The van der Waals surface area contributed by atoms with Crippen molar-refractivity contribution in [2.45, 2.75) is 253 Å². The van der Waals surface area contributed by atoms with Crippen molar-refractivity contribution in [1.82, 2.24) is 0 Å². The minimum absolute atomic E-state index is 0.0336. The highest BCUT2D eigenvalue weighted by Crippen LogP contribution is 2.76. The monoisotopic (exact) mass is 1240 g/mol. The number of carbonyl (C=O) groups is 2. The van der Waals surface area contributed by atoms with Gasteiger partial charge < -0.3 is 129 Å². The van der Waals surface area contributed by atoms with Crippen molar-refractivity contribution in [3.8, 4) is 0 Å². The van der Waals surface area contributed by atoms with E-state index in [0.717, 1.165) is 5.57 Å². The molecule has 10 rings (SSSR count). The van der Waals surface area contributed by atoms with Gasteiger partial charge in [-0.15, -0.1) is 0 Å². The topological polar surface area (TPSA) is 450 Å². The summed E-state index contributed by atoms with van der Waals surface area (Å²) in [7, 11) is 0. The minimum Gasteiger partial charge on any atom is -0.481 e. The summed E-state index contributed by atoms with van der Waals surface area (Å²) in [5.74, 6) is -3.52. The van der Waals surface area contributed by atoms with Crippen LogP contribution in [0.2, 0.25) is 0 Å². The predicted molar refractivity (Wildman–Crippen MR) is 285 cm³/mol. The van der Waals surface area contributed by atoms with E-state index < -0.39 is 224 Å². The van der Waals surface area contributed by atoms with Crippen LogP contribution in [0.4, 0.5) is 0 Å². The number of aliphatic carboxylic acids is 1. The fraction of sp³-hybridized carbons (Fsp3) is 0.931. The molecule has 28 heteroatoms. The number of carbonyl (C=O) groups excluding carboxylic acids is 1. The fourth-order valence-corrected chi connectivity index (χ4v) is 17.6. The van der Waals surface area contributed by atoms with Gasteiger partial charge in [-0.25, -0.2) is 0 Å². The zero-order valence-electron chi connectivity index (χ0n) is 49.5. The van der Waals surface area contributed by atoms with Crippen molar-refractivity contribution in [3.63, 3.8) is 0 Å². The van der Waals surface area contributed by atoms with Gasteiger partial charge in [-0.05, 0) is 113 Å². The number of allylic oxidation sites excluding steroid dienone is 1. The normalized spacial score (nSPS) is 54.6. The zero-order chi connectivity index (χ0) is 62.9. The minimum atomic E-state index is -2.08. The molecule has 5 heterocycles. The Bertz CT molecular complexity index is 2470. The van der Waals surface area contributed by atoms with Crippen molar-refractivity contribution < 1.29 is 139 Å². The molecule has 0 spiro atoms. The van der Waals surface area contributed by atoms with Gasteiger partial charge in [0.05, 0.1) is 62.2 Å². The molecule has 32 atom stereocenters. The molecule has 5 aliphatic heterocycles. The molecule has 492 valence electrons. The van der Waals surface area contributed by atoms with Gasteiger partial charge in [-0.1, -0.05) is 39.3 Å². The van der Waals surface area contributed by atoms with Gasteiger partial charge in [0, 0.05) is 5.41 Å². The second kappa shape index (κ2) is 24.0. The van der Waals surface area contributed by atoms with Gasteiger partial charge in [0.1, 0.15) is 91.1 Å². The third kappa shape index (κ3) is 10.5. The van der Waals surface area contributed by atoms with E-state index in [0.29, 0.717) is 38.5 Å². The van der Waals surface area contributed by atoms with E-state index in [1.54, 1.807) is 0 Å². The number of ether oxygens (including phenoxy) is 10. The maximum Gasteiger partial charge on any atom is 0.315 e. The average Bonchev–Trinajstić information content (AvgIpc) is 0.743. The number of esters is 1.